The lowest BCUT2D eigenvalue weighted by atomic mass is 10.0. The van der Waals surface area contributed by atoms with Gasteiger partial charge in [-0.1, -0.05) is 12.1 Å². The summed E-state index contributed by atoms with van der Waals surface area (Å²) in [6, 6.07) is 7.78. The fourth-order valence-corrected chi connectivity index (χ4v) is 2.32. The zero-order valence-electron chi connectivity index (χ0n) is 10.3. The van der Waals surface area contributed by atoms with Crippen LogP contribution in [0.1, 0.15) is 28.8 Å². The van der Waals surface area contributed by atoms with Gasteiger partial charge in [-0.3, -0.25) is 9.69 Å². The van der Waals surface area contributed by atoms with E-state index in [1.807, 2.05) is 18.2 Å². The van der Waals surface area contributed by atoms with Crippen LogP contribution in [0.5, 0.6) is 0 Å². The molecule has 1 aliphatic heterocycles. The monoisotopic (exact) mass is 269 g/mol. The van der Waals surface area contributed by atoms with Gasteiger partial charge in [0.1, 0.15) is 0 Å². The van der Waals surface area contributed by atoms with Crippen molar-refractivity contribution in [3.8, 4) is 0 Å². The SMILES string of the molecule is Cl.NC(=O)c1cccc(CN2CCC[C@@H](N)C2)c1. The minimum Gasteiger partial charge on any atom is -0.366 e. The van der Waals surface area contributed by atoms with Crippen molar-refractivity contribution in [3.63, 3.8) is 0 Å². The molecule has 1 aliphatic rings. The topological polar surface area (TPSA) is 72.4 Å². The van der Waals surface area contributed by atoms with E-state index in [4.69, 9.17) is 11.5 Å². The highest BCUT2D eigenvalue weighted by molar-refractivity contribution is 5.92. The normalized spacial score (nSPS) is 20.2. The second-order valence-electron chi connectivity index (χ2n) is 4.70. The second-order valence-corrected chi connectivity index (χ2v) is 4.70. The molecular weight excluding hydrogens is 250 g/mol. The number of piperidine rings is 1. The van der Waals surface area contributed by atoms with Crippen LogP contribution in [0.3, 0.4) is 0 Å². The number of halogens is 1. The lowest BCUT2D eigenvalue weighted by Gasteiger charge is -2.30. The minimum absolute atomic E-state index is 0. The molecule has 2 rings (SSSR count). The second kappa shape index (κ2) is 6.73. The Labute approximate surface area is 114 Å². The fraction of sp³-hybridized carbons (Fsp3) is 0.462. The molecule has 1 amide bonds. The summed E-state index contributed by atoms with van der Waals surface area (Å²) in [5.41, 5.74) is 12.9. The molecule has 1 fully saturated rings. The van der Waals surface area contributed by atoms with Crippen molar-refractivity contribution in [2.45, 2.75) is 25.4 Å². The van der Waals surface area contributed by atoms with Gasteiger partial charge in [-0.25, -0.2) is 0 Å². The third-order valence-electron chi connectivity index (χ3n) is 3.16. The Hall–Kier alpha value is -1.10. The molecule has 1 aromatic carbocycles. The molecule has 1 heterocycles. The summed E-state index contributed by atoms with van der Waals surface area (Å²) in [7, 11) is 0. The van der Waals surface area contributed by atoms with Gasteiger partial charge >= 0.3 is 0 Å². The Bertz CT molecular complexity index is 411. The molecule has 5 heteroatoms. The van der Waals surface area contributed by atoms with E-state index in [2.05, 4.69) is 4.90 Å². The van der Waals surface area contributed by atoms with Crippen molar-refractivity contribution in [1.29, 1.82) is 0 Å². The van der Waals surface area contributed by atoms with E-state index in [0.29, 0.717) is 5.56 Å². The van der Waals surface area contributed by atoms with Crippen LogP contribution >= 0.6 is 12.4 Å². The molecule has 0 bridgehead atoms. The molecule has 1 saturated heterocycles. The third-order valence-corrected chi connectivity index (χ3v) is 3.16. The number of primary amides is 1. The molecule has 1 aromatic rings. The van der Waals surface area contributed by atoms with E-state index in [-0.39, 0.29) is 24.4 Å². The first-order valence-corrected chi connectivity index (χ1v) is 6.02. The van der Waals surface area contributed by atoms with E-state index in [9.17, 15) is 4.79 Å². The van der Waals surface area contributed by atoms with Crippen LogP contribution in [0.4, 0.5) is 0 Å². The molecule has 0 aromatic heterocycles. The predicted octanol–water partition coefficient (Wildman–Crippen LogP) is 1.13. The van der Waals surface area contributed by atoms with Gasteiger partial charge in [0.2, 0.25) is 5.91 Å². The Balaban J connectivity index is 0.00000162. The van der Waals surface area contributed by atoms with Crippen LogP contribution in [0.25, 0.3) is 0 Å². The Morgan fingerprint density at radius 1 is 1.44 bits per heavy atom. The number of benzene rings is 1. The summed E-state index contributed by atoms with van der Waals surface area (Å²) in [5.74, 6) is -0.373. The Morgan fingerprint density at radius 3 is 2.89 bits per heavy atom. The molecule has 0 aliphatic carbocycles. The molecule has 0 saturated carbocycles. The molecular formula is C13H20ClN3O. The number of amides is 1. The van der Waals surface area contributed by atoms with Gasteiger partial charge in [0.05, 0.1) is 0 Å². The lowest BCUT2D eigenvalue weighted by Crippen LogP contribution is -2.42. The number of hydrogen-bond acceptors (Lipinski definition) is 3. The van der Waals surface area contributed by atoms with E-state index in [1.165, 1.54) is 0 Å². The minimum atomic E-state index is -0.373. The van der Waals surface area contributed by atoms with Crippen molar-refractivity contribution >= 4 is 18.3 Å². The van der Waals surface area contributed by atoms with Crippen molar-refractivity contribution in [1.82, 2.24) is 4.90 Å². The zero-order valence-corrected chi connectivity index (χ0v) is 11.2. The van der Waals surface area contributed by atoms with E-state index in [1.54, 1.807) is 6.07 Å². The van der Waals surface area contributed by atoms with Gasteiger partial charge in [-0.2, -0.15) is 0 Å². The van der Waals surface area contributed by atoms with Crippen molar-refractivity contribution in [2.75, 3.05) is 13.1 Å². The number of nitrogens with zero attached hydrogens (tertiary/aromatic N) is 1. The van der Waals surface area contributed by atoms with Crippen LogP contribution in [0.15, 0.2) is 24.3 Å². The molecule has 0 spiro atoms. The maximum Gasteiger partial charge on any atom is 0.248 e. The fourth-order valence-electron chi connectivity index (χ4n) is 2.32. The van der Waals surface area contributed by atoms with Crippen LogP contribution in [0.2, 0.25) is 0 Å². The van der Waals surface area contributed by atoms with Crippen LogP contribution < -0.4 is 11.5 Å². The maximum atomic E-state index is 11.1. The van der Waals surface area contributed by atoms with E-state index >= 15 is 0 Å². The van der Waals surface area contributed by atoms with Gasteiger partial charge in [0.25, 0.3) is 0 Å². The van der Waals surface area contributed by atoms with Crippen molar-refractivity contribution < 1.29 is 4.79 Å². The molecule has 0 radical (unpaired) electrons. The first kappa shape index (κ1) is 15.0. The molecule has 1 atom stereocenters. The zero-order chi connectivity index (χ0) is 12.3. The van der Waals surface area contributed by atoms with Gasteiger partial charge < -0.3 is 11.5 Å². The van der Waals surface area contributed by atoms with Crippen molar-refractivity contribution in [2.24, 2.45) is 11.5 Å². The largest absolute Gasteiger partial charge is 0.366 e. The van der Waals surface area contributed by atoms with Crippen molar-refractivity contribution in [3.05, 3.63) is 35.4 Å². The quantitative estimate of drug-likeness (QED) is 0.864. The molecule has 4 N–H and O–H groups in total. The first-order valence-electron chi connectivity index (χ1n) is 6.02. The number of carbonyl (C=O) groups is 1. The van der Waals surface area contributed by atoms with Gasteiger partial charge in [-0.05, 0) is 37.1 Å². The van der Waals surface area contributed by atoms with Gasteiger partial charge in [0, 0.05) is 24.7 Å². The summed E-state index contributed by atoms with van der Waals surface area (Å²) in [5, 5.41) is 0. The summed E-state index contributed by atoms with van der Waals surface area (Å²) in [6.45, 7) is 2.85. The van der Waals surface area contributed by atoms with Crippen LogP contribution in [0, 0.1) is 0 Å². The predicted molar refractivity (Wildman–Crippen MR) is 74.7 cm³/mol. The molecule has 0 unspecified atom stereocenters. The number of nitrogens with two attached hydrogens (primary N) is 2. The standard InChI is InChI=1S/C13H19N3O.ClH/c14-12-5-2-6-16(9-12)8-10-3-1-4-11(7-10)13(15)17;/h1,3-4,7,12H,2,5-6,8-9,14H2,(H2,15,17);1H/t12-;/m1./s1. The number of carbonyl (C=O) groups excluding carboxylic acids is 1. The average molecular weight is 270 g/mol. The number of rotatable bonds is 3. The lowest BCUT2D eigenvalue weighted by molar-refractivity contribution is 0.1000. The average Bonchev–Trinajstić information content (AvgIpc) is 2.29. The Kier molecular flexibility index (Phi) is 5.59. The third kappa shape index (κ3) is 3.98. The highest BCUT2D eigenvalue weighted by Gasteiger charge is 2.16. The summed E-state index contributed by atoms with van der Waals surface area (Å²) < 4.78 is 0. The molecule has 100 valence electrons. The van der Waals surface area contributed by atoms with Crippen LogP contribution in [-0.4, -0.2) is 29.9 Å². The van der Waals surface area contributed by atoms with Crippen LogP contribution in [-0.2, 0) is 6.54 Å². The first-order chi connectivity index (χ1) is 8.15. The summed E-state index contributed by atoms with van der Waals surface area (Å²) in [4.78, 5) is 13.4. The maximum absolute atomic E-state index is 11.1. The summed E-state index contributed by atoms with van der Waals surface area (Å²) in [6.07, 6.45) is 2.26. The highest BCUT2D eigenvalue weighted by Crippen LogP contribution is 2.13. The van der Waals surface area contributed by atoms with Gasteiger partial charge in [0.15, 0.2) is 0 Å². The van der Waals surface area contributed by atoms with E-state index in [0.717, 1.165) is 38.0 Å². The number of likely N-dealkylation sites (tertiary alicyclic amines) is 1. The molecule has 18 heavy (non-hydrogen) atoms. The summed E-state index contributed by atoms with van der Waals surface area (Å²) >= 11 is 0. The highest BCUT2D eigenvalue weighted by atomic mass is 35.5. The Morgan fingerprint density at radius 2 is 2.22 bits per heavy atom. The van der Waals surface area contributed by atoms with Gasteiger partial charge in [-0.15, -0.1) is 12.4 Å². The smallest absolute Gasteiger partial charge is 0.248 e. The number of hydrogen-bond donors (Lipinski definition) is 2. The van der Waals surface area contributed by atoms with E-state index < -0.39 is 0 Å². The molecule has 4 nitrogen and oxygen atoms in total.